The van der Waals surface area contributed by atoms with Crippen molar-refractivity contribution < 1.29 is 4.74 Å². The molecule has 0 unspecified atom stereocenters. The van der Waals surface area contributed by atoms with E-state index in [1.54, 1.807) is 0 Å². The standard InChI is InChI=1S/C22H37N7O/c1-5-29(20-12-8-7-9-13-20)16-10-14-23-22(24-15-11-17-30-6-2)25-18-21-27-26-19(3)28(21)4/h7-9,12-13H,5-6,10-11,14-18H2,1-4H3,(H2,23,24,25). The van der Waals surface area contributed by atoms with Crippen LogP contribution in [0.3, 0.4) is 0 Å². The number of nitrogens with zero attached hydrogens (tertiary/aromatic N) is 5. The van der Waals surface area contributed by atoms with Gasteiger partial charge < -0.3 is 24.8 Å². The van der Waals surface area contributed by atoms with Crippen LogP contribution in [0.25, 0.3) is 0 Å². The summed E-state index contributed by atoms with van der Waals surface area (Å²) in [6.45, 7) is 11.8. The summed E-state index contributed by atoms with van der Waals surface area (Å²) in [6.07, 6.45) is 1.96. The first kappa shape index (κ1) is 23.7. The molecule has 166 valence electrons. The Hall–Kier alpha value is -2.61. The molecule has 2 aromatic rings. The summed E-state index contributed by atoms with van der Waals surface area (Å²) < 4.78 is 7.38. The van der Waals surface area contributed by atoms with Crippen LogP contribution in [0.15, 0.2) is 35.3 Å². The zero-order valence-electron chi connectivity index (χ0n) is 18.9. The molecule has 0 aliphatic carbocycles. The normalized spacial score (nSPS) is 11.5. The summed E-state index contributed by atoms with van der Waals surface area (Å²) in [7, 11) is 1.96. The lowest BCUT2D eigenvalue weighted by Crippen LogP contribution is -2.39. The van der Waals surface area contributed by atoms with Crippen LogP contribution >= 0.6 is 0 Å². The summed E-state index contributed by atoms with van der Waals surface area (Å²) in [5.41, 5.74) is 1.26. The predicted molar refractivity (Wildman–Crippen MR) is 123 cm³/mol. The molecule has 8 heteroatoms. The Labute approximate surface area is 180 Å². The molecule has 0 radical (unpaired) electrons. The highest BCUT2D eigenvalue weighted by Gasteiger charge is 2.06. The fourth-order valence-electron chi connectivity index (χ4n) is 3.02. The van der Waals surface area contributed by atoms with Gasteiger partial charge >= 0.3 is 0 Å². The molecule has 2 rings (SSSR count). The molecule has 8 nitrogen and oxygen atoms in total. The highest BCUT2D eigenvalue weighted by Crippen LogP contribution is 2.12. The minimum absolute atomic E-state index is 0.489. The van der Waals surface area contributed by atoms with Gasteiger partial charge in [-0.3, -0.25) is 0 Å². The minimum atomic E-state index is 0.489. The van der Waals surface area contributed by atoms with Crippen molar-refractivity contribution in [2.24, 2.45) is 12.0 Å². The molecule has 30 heavy (non-hydrogen) atoms. The summed E-state index contributed by atoms with van der Waals surface area (Å²) in [5.74, 6) is 2.54. The van der Waals surface area contributed by atoms with Crippen molar-refractivity contribution in [1.82, 2.24) is 25.4 Å². The number of aromatic nitrogens is 3. The molecule has 1 heterocycles. The Morgan fingerprint density at radius 1 is 1.10 bits per heavy atom. The van der Waals surface area contributed by atoms with Crippen molar-refractivity contribution in [3.05, 3.63) is 42.0 Å². The number of rotatable bonds is 13. The Morgan fingerprint density at radius 3 is 2.47 bits per heavy atom. The van der Waals surface area contributed by atoms with E-state index in [0.29, 0.717) is 6.54 Å². The van der Waals surface area contributed by atoms with Gasteiger partial charge in [-0.05, 0) is 45.7 Å². The van der Waals surface area contributed by atoms with Crippen LogP contribution < -0.4 is 15.5 Å². The van der Waals surface area contributed by atoms with Crippen LogP contribution in [0, 0.1) is 6.92 Å². The number of para-hydroxylation sites is 1. The van der Waals surface area contributed by atoms with Crippen molar-refractivity contribution in [2.45, 2.75) is 40.2 Å². The van der Waals surface area contributed by atoms with E-state index in [9.17, 15) is 0 Å². The maximum atomic E-state index is 5.41. The van der Waals surface area contributed by atoms with Gasteiger partial charge in [-0.1, -0.05) is 18.2 Å². The van der Waals surface area contributed by atoms with Crippen LogP contribution in [0.5, 0.6) is 0 Å². The van der Waals surface area contributed by atoms with E-state index in [4.69, 9.17) is 9.73 Å². The molecule has 1 aromatic carbocycles. The van der Waals surface area contributed by atoms with Gasteiger partial charge in [-0.25, -0.2) is 4.99 Å². The fraction of sp³-hybridized carbons (Fsp3) is 0.591. The summed E-state index contributed by atoms with van der Waals surface area (Å²) in [4.78, 5) is 7.08. The molecule has 0 aliphatic heterocycles. The first-order valence-corrected chi connectivity index (χ1v) is 10.9. The number of guanidine groups is 1. The smallest absolute Gasteiger partial charge is 0.191 e. The molecule has 0 fully saturated rings. The topological polar surface area (TPSA) is 79.6 Å². The quantitative estimate of drug-likeness (QED) is 0.297. The maximum Gasteiger partial charge on any atom is 0.191 e. The van der Waals surface area contributed by atoms with Crippen LogP contribution in [0.2, 0.25) is 0 Å². The molecular weight excluding hydrogens is 378 g/mol. The molecule has 0 saturated heterocycles. The highest BCUT2D eigenvalue weighted by atomic mass is 16.5. The molecule has 0 saturated carbocycles. The second kappa shape index (κ2) is 13.6. The Bertz CT molecular complexity index is 745. The van der Waals surface area contributed by atoms with E-state index in [-0.39, 0.29) is 0 Å². The van der Waals surface area contributed by atoms with Crippen molar-refractivity contribution in [1.29, 1.82) is 0 Å². The fourth-order valence-corrected chi connectivity index (χ4v) is 3.02. The van der Waals surface area contributed by atoms with Crippen LogP contribution in [-0.2, 0) is 18.3 Å². The van der Waals surface area contributed by atoms with Gasteiger partial charge in [0.15, 0.2) is 11.8 Å². The zero-order chi connectivity index (χ0) is 21.6. The van der Waals surface area contributed by atoms with E-state index >= 15 is 0 Å². The van der Waals surface area contributed by atoms with Gasteiger partial charge in [-0.2, -0.15) is 0 Å². The first-order valence-electron chi connectivity index (χ1n) is 10.9. The maximum absolute atomic E-state index is 5.41. The number of nitrogens with one attached hydrogen (secondary N) is 2. The summed E-state index contributed by atoms with van der Waals surface area (Å²) in [6, 6.07) is 10.5. The number of benzene rings is 1. The Balaban J connectivity index is 1.84. The predicted octanol–water partition coefficient (Wildman–Crippen LogP) is 2.50. The highest BCUT2D eigenvalue weighted by molar-refractivity contribution is 5.79. The monoisotopic (exact) mass is 415 g/mol. The van der Waals surface area contributed by atoms with E-state index in [1.165, 1.54) is 5.69 Å². The summed E-state index contributed by atoms with van der Waals surface area (Å²) in [5, 5.41) is 15.1. The van der Waals surface area contributed by atoms with E-state index in [0.717, 1.165) is 69.8 Å². The van der Waals surface area contributed by atoms with E-state index < -0.39 is 0 Å². The first-order chi connectivity index (χ1) is 14.7. The van der Waals surface area contributed by atoms with Gasteiger partial charge in [0, 0.05) is 52.1 Å². The van der Waals surface area contributed by atoms with E-state index in [1.807, 2.05) is 25.5 Å². The zero-order valence-corrected chi connectivity index (χ0v) is 18.9. The third kappa shape index (κ3) is 8.02. The Morgan fingerprint density at radius 2 is 1.83 bits per heavy atom. The van der Waals surface area contributed by atoms with Gasteiger partial charge in [0.1, 0.15) is 12.4 Å². The lowest BCUT2D eigenvalue weighted by Gasteiger charge is -2.23. The van der Waals surface area contributed by atoms with Crippen LogP contribution in [0.4, 0.5) is 5.69 Å². The third-order valence-corrected chi connectivity index (χ3v) is 4.92. The third-order valence-electron chi connectivity index (χ3n) is 4.92. The van der Waals surface area contributed by atoms with Crippen molar-refractivity contribution in [3.8, 4) is 0 Å². The number of anilines is 1. The number of hydrogen-bond donors (Lipinski definition) is 2. The van der Waals surface area contributed by atoms with Gasteiger partial charge in [-0.15, -0.1) is 10.2 Å². The number of aliphatic imine (C=N–C) groups is 1. The van der Waals surface area contributed by atoms with Crippen LogP contribution in [0.1, 0.15) is 38.3 Å². The molecule has 2 N–H and O–H groups in total. The second-order valence-electron chi connectivity index (χ2n) is 7.06. The van der Waals surface area contributed by atoms with Gasteiger partial charge in [0.25, 0.3) is 0 Å². The minimum Gasteiger partial charge on any atom is -0.382 e. The average molecular weight is 416 g/mol. The lowest BCUT2D eigenvalue weighted by atomic mass is 10.2. The van der Waals surface area contributed by atoms with Gasteiger partial charge in [0.2, 0.25) is 0 Å². The number of hydrogen-bond acceptors (Lipinski definition) is 5. The largest absolute Gasteiger partial charge is 0.382 e. The molecule has 0 amide bonds. The Kier molecular flexibility index (Phi) is 10.7. The molecule has 0 aliphatic rings. The average Bonchev–Trinajstić information content (AvgIpc) is 3.09. The molecule has 0 spiro atoms. The molecule has 1 aromatic heterocycles. The van der Waals surface area contributed by atoms with E-state index in [2.05, 4.69) is 63.0 Å². The van der Waals surface area contributed by atoms with Crippen molar-refractivity contribution in [2.75, 3.05) is 44.3 Å². The lowest BCUT2D eigenvalue weighted by molar-refractivity contribution is 0.145. The molecular formula is C22H37N7O. The second-order valence-corrected chi connectivity index (χ2v) is 7.06. The number of ether oxygens (including phenoxy) is 1. The molecule has 0 bridgehead atoms. The summed E-state index contributed by atoms with van der Waals surface area (Å²) >= 11 is 0. The van der Waals surface area contributed by atoms with Crippen molar-refractivity contribution in [3.63, 3.8) is 0 Å². The molecule has 0 atom stereocenters. The van der Waals surface area contributed by atoms with Crippen molar-refractivity contribution >= 4 is 11.6 Å². The van der Waals surface area contributed by atoms with Gasteiger partial charge in [0.05, 0.1) is 0 Å². The van der Waals surface area contributed by atoms with Crippen LogP contribution in [-0.4, -0.2) is 60.1 Å². The number of aryl methyl sites for hydroxylation is 1. The SMILES string of the molecule is CCOCCCNC(=NCc1nnc(C)n1C)NCCCN(CC)c1ccccc1.